The molecule has 3 heterocycles. The largest absolute Gasteiger partial charge is 0.394 e. The Morgan fingerprint density at radius 2 is 1.93 bits per heavy atom. The zero-order valence-electron chi connectivity index (χ0n) is 15.6. The lowest BCUT2D eigenvalue weighted by atomic mass is 10.1. The van der Waals surface area contributed by atoms with Crippen LogP contribution in [0.5, 0.6) is 0 Å². The van der Waals surface area contributed by atoms with Crippen molar-refractivity contribution in [1.82, 2.24) is 19.5 Å². The van der Waals surface area contributed by atoms with E-state index in [0.717, 1.165) is 0 Å². The number of ether oxygens (including phenoxy) is 1. The zero-order chi connectivity index (χ0) is 21.4. The van der Waals surface area contributed by atoms with Crippen LogP contribution in [-0.4, -0.2) is 71.4 Å². The second-order valence-corrected chi connectivity index (χ2v) is 6.93. The SMILES string of the molecule is Nc1nc(NCC(O)c2ccc(F)cc2)nc2c1ncn2[C@@H]1O[C@H](CO)[C@@H](O)[C@H]1O. The first-order chi connectivity index (χ1) is 14.4. The van der Waals surface area contributed by atoms with E-state index in [-0.39, 0.29) is 29.5 Å². The molecular weight excluding hydrogens is 399 g/mol. The number of rotatable bonds is 6. The lowest BCUT2D eigenvalue weighted by Crippen LogP contribution is -2.33. The van der Waals surface area contributed by atoms with Gasteiger partial charge in [-0.1, -0.05) is 12.1 Å². The molecule has 11 nitrogen and oxygen atoms in total. The normalized spacial score (nSPS) is 25.0. The number of aromatic nitrogens is 4. The number of nitrogens with zero attached hydrogens (tertiary/aromatic N) is 4. The molecular formula is C18H21FN6O5. The average molecular weight is 420 g/mol. The number of fused-ring (bicyclic) bond motifs is 1. The van der Waals surface area contributed by atoms with Gasteiger partial charge in [0.05, 0.1) is 19.0 Å². The Morgan fingerprint density at radius 3 is 2.60 bits per heavy atom. The highest BCUT2D eigenvalue weighted by Gasteiger charge is 2.44. The third-order valence-electron chi connectivity index (χ3n) is 4.95. The van der Waals surface area contributed by atoms with Crippen LogP contribution in [0.4, 0.5) is 16.2 Å². The summed E-state index contributed by atoms with van der Waals surface area (Å²) in [5.41, 5.74) is 6.96. The maximum Gasteiger partial charge on any atom is 0.226 e. The van der Waals surface area contributed by atoms with E-state index in [0.29, 0.717) is 5.56 Å². The number of nitrogen functional groups attached to an aromatic ring is 1. The van der Waals surface area contributed by atoms with Crippen molar-refractivity contribution in [3.05, 3.63) is 42.0 Å². The monoisotopic (exact) mass is 420 g/mol. The number of nitrogens with one attached hydrogen (secondary N) is 1. The van der Waals surface area contributed by atoms with Crippen LogP contribution in [-0.2, 0) is 4.74 Å². The van der Waals surface area contributed by atoms with Gasteiger partial charge in [-0.05, 0) is 17.7 Å². The minimum Gasteiger partial charge on any atom is -0.394 e. The highest BCUT2D eigenvalue weighted by atomic mass is 19.1. The van der Waals surface area contributed by atoms with Crippen LogP contribution in [0.3, 0.4) is 0 Å². The van der Waals surface area contributed by atoms with Crippen molar-refractivity contribution >= 4 is 22.9 Å². The van der Waals surface area contributed by atoms with Gasteiger partial charge in [0.15, 0.2) is 17.7 Å². The van der Waals surface area contributed by atoms with Crippen LogP contribution in [0.25, 0.3) is 11.2 Å². The molecule has 12 heteroatoms. The van der Waals surface area contributed by atoms with Gasteiger partial charge in [-0.25, -0.2) is 9.37 Å². The van der Waals surface area contributed by atoms with Crippen molar-refractivity contribution in [2.45, 2.75) is 30.6 Å². The number of benzene rings is 1. The van der Waals surface area contributed by atoms with Gasteiger partial charge >= 0.3 is 0 Å². The summed E-state index contributed by atoms with van der Waals surface area (Å²) in [6.45, 7) is -0.439. The molecule has 3 aromatic rings. The number of halogens is 1. The minimum absolute atomic E-state index is 0.0264. The van der Waals surface area contributed by atoms with Crippen molar-refractivity contribution in [2.75, 3.05) is 24.2 Å². The molecule has 0 bridgehead atoms. The summed E-state index contributed by atoms with van der Waals surface area (Å²) >= 11 is 0. The van der Waals surface area contributed by atoms with Crippen molar-refractivity contribution in [1.29, 1.82) is 0 Å². The molecule has 0 aliphatic carbocycles. The van der Waals surface area contributed by atoms with Gasteiger partial charge in [0, 0.05) is 6.54 Å². The fourth-order valence-corrected chi connectivity index (χ4v) is 3.30. The van der Waals surface area contributed by atoms with Gasteiger partial charge in [-0.3, -0.25) is 4.57 Å². The lowest BCUT2D eigenvalue weighted by molar-refractivity contribution is -0.0511. The van der Waals surface area contributed by atoms with Gasteiger partial charge in [-0.2, -0.15) is 9.97 Å². The fraction of sp³-hybridized carbons (Fsp3) is 0.389. The van der Waals surface area contributed by atoms with Gasteiger partial charge in [0.25, 0.3) is 0 Å². The van der Waals surface area contributed by atoms with E-state index in [1.165, 1.54) is 35.2 Å². The predicted octanol–water partition coefficient (Wildman–Crippen LogP) is -0.695. The number of hydrogen-bond donors (Lipinski definition) is 6. The van der Waals surface area contributed by atoms with Crippen LogP contribution in [0, 0.1) is 5.82 Å². The Bertz CT molecular complexity index is 1030. The molecule has 7 N–H and O–H groups in total. The van der Waals surface area contributed by atoms with E-state index in [2.05, 4.69) is 20.3 Å². The summed E-state index contributed by atoms with van der Waals surface area (Å²) in [6, 6.07) is 5.44. The van der Waals surface area contributed by atoms with E-state index in [4.69, 9.17) is 10.5 Å². The van der Waals surface area contributed by atoms with Crippen molar-refractivity contribution in [2.24, 2.45) is 0 Å². The molecule has 0 saturated carbocycles. The van der Waals surface area contributed by atoms with E-state index in [1.54, 1.807) is 0 Å². The summed E-state index contributed by atoms with van der Waals surface area (Å²) in [6.07, 6.45) is -4.18. The van der Waals surface area contributed by atoms with Gasteiger partial charge in [-0.15, -0.1) is 0 Å². The molecule has 0 amide bonds. The van der Waals surface area contributed by atoms with Crippen LogP contribution in [0.15, 0.2) is 30.6 Å². The molecule has 4 rings (SSSR count). The van der Waals surface area contributed by atoms with Crippen molar-refractivity contribution in [3.8, 4) is 0 Å². The summed E-state index contributed by atoms with van der Waals surface area (Å²) in [5.74, 6) is -0.252. The number of nitrogens with two attached hydrogens (primary N) is 1. The highest BCUT2D eigenvalue weighted by molar-refractivity contribution is 5.83. The molecule has 1 aliphatic heterocycles. The molecule has 1 aromatic carbocycles. The van der Waals surface area contributed by atoms with E-state index < -0.39 is 43.1 Å². The summed E-state index contributed by atoms with van der Waals surface area (Å²) in [5, 5.41) is 42.7. The van der Waals surface area contributed by atoms with Gasteiger partial charge in [0.1, 0.15) is 29.6 Å². The third-order valence-corrected chi connectivity index (χ3v) is 4.95. The molecule has 1 saturated heterocycles. The highest BCUT2D eigenvalue weighted by Crippen LogP contribution is 2.32. The molecule has 1 aliphatic rings. The second kappa shape index (κ2) is 8.08. The molecule has 160 valence electrons. The summed E-state index contributed by atoms with van der Waals surface area (Å²) in [4.78, 5) is 12.6. The Hall–Kier alpha value is -2.90. The number of hydrogen-bond acceptors (Lipinski definition) is 10. The predicted molar refractivity (Wildman–Crippen MR) is 103 cm³/mol. The molecule has 5 atom stereocenters. The summed E-state index contributed by atoms with van der Waals surface area (Å²) in [7, 11) is 0. The first kappa shape index (κ1) is 20.4. The Kier molecular flexibility index (Phi) is 5.49. The van der Waals surface area contributed by atoms with Crippen molar-refractivity contribution < 1.29 is 29.6 Å². The van der Waals surface area contributed by atoms with Crippen LogP contribution >= 0.6 is 0 Å². The van der Waals surface area contributed by atoms with Crippen LogP contribution < -0.4 is 11.1 Å². The van der Waals surface area contributed by atoms with E-state index in [9.17, 15) is 24.8 Å². The maximum atomic E-state index is 13.0. The van der Waals surface area contributed by atoms with Crippen LogP contribution in [0.1, 0.15) is 17.9 Å². The second-order valence-electron chi connectivity index (χ2n) is 6.93. The number of anilines is 2. The summed E-state index contributed by atoms with van der Waals surface area (Å²) < 4.78 is 19.9. The van der Waals surface area contributed by atoms with E-state index >= 15 is 0 Å². The molecule has 30 heavy (non-hydrogen) atoms. The Labute approximate surface area is 169 Å². The molecule has 0 radical (unpaired) electrons. The fourth-order valence-electron chi connectivity index (χ4n) is 3.30. The standard InChI is InChI=1S/C18H21FN6O5/c19-9-3-1-8(2-4-9)10(27)5-21-18-23-15(20)12-16(24-18)25(7-22-12)17-14(29)13(28)11(6-26)30-17/h1-4,7,10-11,13-14,17,26-29H,5-6H2,(H3,20,21,23,24)/t10?,11-,13-,14-,17-/m1/s1. The maximum absolute atomic E-state index is 13.0. The molecule has 1 fully saturated rings. The Balaban J connectivity index is 1.57. The smallest absolute Gasteiger partial charge is 0.226 e. The average Bonchev–Trinajstić information content (AvgIpc) is 3.28. The third kappa shape index (κ3) is 3.66. The number of aliphatic hydroxyl groups is 4. The molecule has 2 aromatic heterocycles. The lowest BCUT2D eigenvalue weighted by Gasteiger charge is -2.17. The first-order valence-electron chi connectivity index (χ1n) is 9.19. The van der Waals surface area contributed by atoms with Gasteiger partial charge in [0.2, 0.25) is 5.95 Å². The quantitative estimate of drug-likeness (QED) is 0.300. The number of aliphatic hydroxyl groups excluding tert-OH is 4. The van der Waals surface area contributed by atoms with Gasteiger partial charge < -0.3 is 36.2 Å². The first-order valence-corrected chi connectivity index (χ1v) is 9.19. The minimum atomic E-state index is -1.31. The zero-order valence-corrected chi connectivity index (χ0v) is 15.6. The van der Waals surface area contributed by atoms with Crippen molar-refractivity contribution in [3.63, 3.8) is 0 Å². The van der Waals surface area contributed by atoms with E-state index in [1.807, 2.05) is 0 Å². The number of imidazole rings is 1. The molecule has 1 unspecified atom stereocenters. The van der Waals surface area contributed by atoms with Crippen LogP contribution in [0.2, 0.25) is 0 Å². The molecule has 0 spiro atoms. The Morgan fingerprint density at radius 1 is 1.20 bits per heavy atom. The topological polar surface area (TPSA) is 172 Å².